The van der Waals surface area contributed by atoms with Gasteiger partial charge in [0.1, 0.15) is 11.2 Å². The third kappa shape index (κ3) is 4.84. The molecule has 0 unspecified atom stereocenters. The zero-order chi connectivity index (χ0) is 38.5. The smallest absolute Gasteiger partial charge is 0.137 e. The van der Waals surface area contributed by atoms with Crippen molar-refractivity contribution in [1.82, 2.24) is 0 Å². The van der Waals surface area contributed by atoms with Gasteiger partial charge in [0.2, 0.25) is 0 Å². The fraction of sp³-hybridized carbons (Fsp3) is 0.0545. The van der Waals surface area contributed by atoms with Crippen LogP contribution in [0.15, 0.2) is 192 Å². The van der Waals surface area contributed by atoms with E-state index in [0.29, 0.717) is 0 Å². The molecule has 0 radical (unpaired) electrons. The van der Waals surface area contributed by atoms with Gasteiger partial charge < -0.3 is 9.32 Å². The molecule has 0 fully saturated rings. The van der Waals surface area contributed by atoms with Crippen LogP contribution in [-0.4, -0.2) is 0 Å². The fourth-order valence-electron chi connectivity index (χ4n) is 9.74. The van der Waals surface area contributed by atoms with E-state index in [1.807, 2.05) is 17.4 Å². The average molecular weight is 760 g/mol. The highest BCUT2D eigenvalue weighted by atomic mass is 32.1. The van der Waals surface area contributed by atoms with Crippen molar-refractivity contribution < 1.29 is 4.42 Å². The lowest BCUT2D eigenvalue weighted by atomic mass is 9.82. The summed E-state index contributed by atoms with van der Waals surface area (Å²) in [5.41, 5.74) is 15.2. The minimum atomic E-state index is -0.0750. The minimum Gasteiger partial charge on any atom is -0.456 e. The second-order valence-electron chi connectivity index (χ2n) is 16.0. The summed E-state index contributed by atoms with van der Waals surface area (Å²) in [6, 6.07) is 68.8. The Morgan fingerprint density at radius 2 is 1.05 bits per heavy atom. The molecule has 12 rings (SSSR count). The first-order chi connectivity index (χ1) is 28.5. The number of fused-ring (bicyclic) bond motifs is 11. The third-order valence-electron chi connectivity index (χ3n) is 12.4. The van der Waals surface area contributed by atoms with Crippen LogP contribution in [0.5, 0.6) is 0 Å². The molecule has 1 aliphatic carbocycles. The predicted molar refractivity (Wildman–Crippen MR) is 247 cm³/mol. The van der Waals surface area contributed by atoms with Crippen LogP contribution in [0.1, 0.15) is 25.0 Å². The van der Waals surface area contributed by atoms with Crippen LogP contribution in [0, 0.1) is 0 Å². The lowest BCUT2D eigenvalue weighted by Gasteiger charge is -2.27. The van der Waals surface area contributed by atoms with Crippen LogP contribution in [0.25, 0.3) is 86.3 Å². The number of hydrogen-bond acceptors (Lipinski definition) is 3. The summed E-state index contributed by atoms with van der Waals surface area (Å²) < 4.78 is 9.14. The quantitative estimate of drug-likeness (QED) is 0.174. The summed E-state index contributed by atoms with van der Waals surface area (Å²) in [5, 5.41) is 7.40. The number of anilines is 3. The number of rotatable bonds is 5. The predicted octanol–water partition coefficient (Wildman–Crippen LogP) is 16.2. The minimum absolute atomic E-state index is 0.0750. The normalized spacial score (nSPS) is 13.1. The molecule has 2 heterocycles. The van der Waals surface area contributed by atoms with Gasteiger partial charge >= 0.3 is 0 Å². The standard InChI is InChI=1S/C55H37NOS/c1-55(2)46-25-7-5-20-44(46)51-39(22-12-26-47(51)55)35-15-9-17-37(32-35)56(48-27-13-29-50-52(48)45-21-6-8-28-49(45)57-50)38-18-10-16-36(33-38)41-23-11-24-42-43-31-30-34-14-3-4-19-40(34)53(43)58-54(41)42/h3-33H,1-2H3. The molecule has 0 bridgehead atoms. The van der Waals surface area contributed by atoms with Gasteiger partial charge in [-0.25, -0.2) is 0 Å². The van der Waals surface area contributed by atoms with E-state index in [4.69, 9.17) is 4.42 Å². The Kier molecular flexibility index (Phi) is 7.18. The van der Waals surface area contributed by atoms with Crippen molar-refractivity contribution in [3.63, 3.8) is 0 Å². The zero-order valence-corrected chi connectivity index (χ0v) is 33.0. The van der Waals surface area contributed by atoms with Gasteiger partial charge in [-0.1, -0.05) is 159 Å². The fourth-order valence-corrected chi connectivity index (χ4v) is 11.1. The molecule has 58 heavy (non-hydrogen) atoms. The van der Waals surface area contributed by atoms with E-state index in [2.05, 4.69) is 201 Å². The first-order valence-corrected chi connectivity index (χ1v) is 20.8. The van der Waals surface area contributed by atoms with Crippen LogP contribution >= 0.6 is 11.3 Å². The molecule has 0 spiro atoms. The molecular formula is C55H37NOS. The van der Waals surface area contributed by atoms with E-state index >= 15 is 0 Å². The number of furan rings is 1. The highest BCUT2D eigenvalue weighted by Crippen LogP contribution is 2.53. The maximum absolute atomic E-state index is 6.49. The molecule has 0 saturated heterocycles. The molecule has 3 heteroatoms. The average Bonchev–Trinajstić information content (AvgIpc) is 3.92. The molecule has 9 aromatic carbocycles. The second kappa shape index (κ2) is 12.5. The maximum atomic E-state index is 6.49. The van der Waals surface area contributed by atoms with E-state index < -0.39 is 0 Å². The Morgan fingerprint density at radius 3 is 1.91 bits per heavy atom. The van der Waals surface area contributed by atoms with E-state index in [1.54, 1.807) is 0 Å². The molecule has 1 aliphatic rings. The van der Waals surface area contributed by atoms with Gasteiger partial charge in [-0.05, 0) is 97.7 Å². The molecule has 11 aromatic rings. The summed E-state index contributed by atoms with van der Waals surface area (Å²) in [4.78, 5) is 2.43. The van der Waals surface area contributed by atoms with Gasteiger partial charge in [0.15, 0.2) is 0 Å². The second-order valence-corrected chi connectivity index (χ2v) is 17.1. The molecule has 0 atom stereocenters. The monoisotopic (exact) mass is 759 g/mol. The lowest BCUT2D eigenvalue weighted by molar-refractivity contribution is 0.660. The Morgan fingerprint density at radius 1 is 0.448 bits per heavy atom. The van der Waals surface area contributed by atoms with Crippen LogP contribution < -0.4 is 4.90 Å². The van der Waals surface area contributed by atoms with Crippen molar-refractivity contribution in [1.29, 1.82) is 0 Å². The van der Waals surface area contributed by atoms with Gasteiger partial charge in [-0.2, -0.15) is 0 Å². The number of hydrogen-bond donors (Lipinski definition) is 0. The third-order valence-corrected chi connectivity index (χ3v) is 13.7. The number of nitrogens with zero attached hydrogens (tertiary/aromatic N) is 1. The Hall–Kier alpha value is -6.94. The SMILES string of the molecule is CC1(C)c2ccccc2-c2c(-c3cccc(N(c4cccc(-c5cccc6c5sc5c7ccccc7ccc65)c4)c4cccc5oc6ccccc6c45)c3)cccc21. The Bertz CT molecular complexity index is 3460. The summed E-state index contributed by atoms with van der Waals surface area (Å²) in [6.07, 6.45) is 0. The Labute approximate surface area is 340 Å². The van der Waals surface area contributed by atoms with Gasteiger partial charge in [-0.15, -0.1) is 11.3 Å². The van der Waals surface area contributed by atoms with Crippen LogP contribution in [0.2, 0.25) is 0 Å². The van der Waals surface area contributed by atoms with Crippen LogP contribution in [0.4, 0.5) is 17.1 Å². The summed E-state index contributed by atoms with van der Waals surface area (Å²) in [7, 11) is 0. The lowest BCUT2D eigenvalue weighted by Crippen LogP contribution is -2.14. The van der Waals surface area contributed by atoms with Crippen molar-refractivity contribution in [2.45, 2.75) is 19.3 Å². The van der Waals surface area contributed by atoms with E-state index in [-0.39, 0.29) is 5.41 Å². The first kappa shape index (κ1) is 33.2. The topological polar surface area (TPSA) is 16.4 Å². The van der Waals surface area contributed by atoms with Crippen LogP contribution in [0.3, 0.4) is 0 Å². The molecule has 0 N–H and O–H groups in total. The molecule has 0 amide bonds. The Balaban J connectivity index is 1.08. The van der Waals surface area contributed by atoms with Gasteiger partial charge in [0.05, 0.1) is 11.1 Å². The summed E-state index contributed by atoms with van der Waals surface area (Å²) in [6.45, 7) is 4.70. The molecular weight excluding hydrogens is 723 g/mol. The van der Waals surface area contributed by atoms with Crippen LogP contribution in [-0.2, 0) is 5.41 Å². The molecule has 0 saturated carbocycles. The first-order valence-electron chi connectivity index (χ1n) is 20.0. The van der Waals surface area contributed by atoms with Gasteiger partial charge in [0.25, 0.3) is 0 Å². The van der Waals surface area contributed by atoms with Crippen molar-refractivity contribution >= 4 is 81.3 Å². The molecule has 2 nitrogen and oxygen atoms in total. The largest absolute Gasteiger partial charge is 0.456 e. The van der Waals surface area contributed by atoms with Crippen molar-refractivity contribution in [2.24, 2.45) is 0 Å². The zero-order valence-electron chi connectivity index (χ0n) is 32.2. The molecule has 0 aliphatic heterocycles. The van der Waals surface area contributed by atoms with E-state index in [0.717, 1.165) is 39.0 Å². The maximum Gasteiger partial charge on any atom is 0.137 e. The number of para-hydroxylation sites is 1. The van der Waals surface area contributed by atoms with Gasteiger partial charge in [0, 0.05) is 42.3 Å². The van der Waals surface area contributed by atoms with E-state index in [9.17, 15) is 0 Å². The highest BCUT2D eigenvalue weighted by molar-refractivity contribution is 7.27. The number of benzene rings is 9. The van der Waals surface area contributed by atoms with Crippen molar-refractivity contribution in [3.05, 3.63) is 199 Å². The van der Waals surface area contributed by atoms with Crippen molar-refractivity contribution in [3.8, 4) is 33.4 Å². The van der Waals surface area contributed by atoms with Crippen molar-refractivity contribution in [2.75, 3.05) is 4.90 Å². The van der Waals surface area contributed by atoms with E-state index in [1.165, 1.54) is 75.5 Å². The number of thiophene rings is 1. The summed E-state index contributed by atoms with van der Waals surface area (Å²) >= 11 is 1.90. The van der Waals surface area contributed by atoms with Gasteiger partial charge in [-0.3, -0.25) is 0 Å². The summed E-state index contributed by atoms with van der Waals surface area (Å²) in [5.74, 6) is 0. The molecule has 2 aromatic heterocycles. The molecule has 274 valence electrons. The highest BCUT2D eigenvalue weighted by Gasteiger charge is 2.36.